The highest BCUT2D eigenvalue weighted by Gasteiger charge is 2.33. The second-order valence-electron chi connectivity index (χ2n) is 9.05. The summed E-state index contributed by atoms with van der Waals surface area (Å²) >= 11 is 0. The van der Waals surface area contributed by atoms with Crippen molar-refractivity contribution in [3.8, 4) is 5.69 Å². The van der Waals surface area contributed by atoms with E-state index in [1.54, 1.807) is 6.20 Å². The van der Waals surface area contributed by atoms with Gasteiger partial charge in [0.1, 0.15) is 5.82 Å². The number of imidazole rings is 1. The zero-order chi connectivity index (χ0) is 22.2. The number of guanidine groups is 1. The lowest BCUT2D eigenvalue weighted by Crippen LogP contribution is -2.44. The topological polar surface area (TPSA) is 80.3 Å². The van der Waals surface area contributed by atoms with Crippen molar-refractivity contribution in [2.75, 3.05) is 5.32 Å². The van der Waals surface area contributed by atoms with Crippen LogP contribution < -0.4 is 16.4 Å². The minimum Gasteiger partial charge on any atom is -0.333 e. The highest BCUT2D eigenvalue weighted by Crippen LogP contribution is 2.33. The first-order chi connectivity index (χ1) is 14.7. The molecule has 1 unspecified atom stereocenters. The van der Waals surface area contributed by atoms with E-state index >= 15 is 0 Å². The summed E-state index contributed by atoms with van der Waals surface area (Å²) in [6.07, 6.45) is 5.67. The van der Waals surface area contributed by atoms with Gasteiger partial charge in [-0.25, -0.2) is 9.98 Å². The van der Waals surface area contributed by atoms with Crippen LogP contribution in [0, 0.1) is 6.92 Å². The molecule has 6 heteroatoms. The van der Waals surface area contributed by atoms with Crippen LogP contribution in [0.4, 0.5) is 5.69 Å². The van der Waals surface area contributed by atoms with E-state index in [9.17, 15) is 0 Å². The van der Waals surface area contributed by atoms with Crippen LogP contribution in [0.3, 0.4) is 0 Å². The Hall–Kier alpha value is -3.38. The lowest BCUT2D eigenvalue weighted by atomic mass is 9.83. The number of anilines is 1. The van der Waals surface area contributed by atoms with Crippen molar-refractivity contribution in [2.24, 2.45) is 10.7 Å². The van der Waals surface area contributed by atoms with Gasteiger partial charge in [0.25, 0.3) is 0 Å². The first-order valence-electron chi connectivity index (χ1n) is 10.5. The zero-order valence-electron chi connectivity index (χ0n) is 18.8. The molecule has 4 N–H and O–H groups in total. The number of aromatic nitrogens is 2. The van der Waals surface area contributed by atoms with Gasteiger partial charge in [-0.15, -0.1) is 0 Å². The Morgan fingerprint density at radius 2 is 1.81 bits per heavy atom. The maximum atomic E-state index is 6.84. The molecular formula is C25H30N6. The third-order valence-corrected chi connectivity index (χ3v) is 5.72. The van der Waals surface area contributed by atoms with E-state index in [1.807, 2.05) is 61.1 Å². The molecule has 2 heterocycles. The van der Waals surface area contributed by atoms with E-state index in [0.717, 1.165) is 28.3 Å². The molecule has 4 rings (SSSR count). The van der Waals surface area contributed by atoms with E-state index in [-0.39, 0.29) is 5.41 Å². The van der Waals surface area contributed by atoms with Crippen LogP contribution in [0.5, 0.6) is 0 Å². The van der Waals surface area contributed by atoms with E-state index in [1.165, 1.54) is 5.56 Å². The van der Waals surface area contributed by atoms with Crippen molar-refractivity contribution in [1.82, 2.24) is 14.9 Å². The van der Waals surface area contributed by atoms with Gasteiger partial charge in [-0.2, -0.15) is 0 Å². The molecule has 0 saturated heterocycles. The van der Waals surface area contributed by atoms with Crippen molar-refractivity contribution in [2.45, 2.75) is 45.7 Å². The summed E-state index contributed by atoms with van der Waals surface area (Å²) in [5.74, 6) is 1.56. The molecular weight excluding hydrogens is 384 g/mol. The second kappa shape index (κ2) is 7.71. The number of nitrogens with two attached hydrogens (primary N) is 1. The Balaban J connectivity index is 1.60. The lowest BCUT2D eigenvalue weighted by molar-refractivity contribution is 0.535. The first kappa shape index (κ1) is 20.9. The van der Waals surface area contributed by atoms with Crippen molar-refractivity contribution < 1.29 is 0 Å². The third-order valence-electron chi connectivity index (χ3n) is 5.72. The molecule has 0 saturated carbocycles. The molecule has 0 radical (unpaired) electrons. The highest BCUT2D eigenvalue weighted by molar-refractivity contribution is 5.95. The molecule has 1 aromatic heterocycles. The Labute approximate surface area is 183 Å². The molecule has 31 heavy (non-hydrogen) atoms. The summed E-state index contributed by atoms with van der Waals surface area (Å²) in [7, 11) is 0. The summed E-state index contributed by atoms with van der Waals surface area (Å²) in [5, 5.41) is 6.57. The summed E-state index contributed by atoms with van der Waals surface area (Å²) in [6.45, 7) is 10.6. The van der Waals surface area contributed by atoms with Crippen LogP contribution in [-0.2, 0) is 11.1 Å². The van der Waals surface area contributed by atoms with Crippen LogP contribution in [0.2, 0.25) is 0 Å². The fraction of sp³-hybridized carbons (Fsp3) is 0.280. The largest absolute Gasteiger partial charge is 0.333 e. The van der Waals surface area contributed by atoms with Gasteiger partial charge in [-0.05, 0) is 60.2 Å². The molecule has 0 fully saturated rings. The molecule has 0 bridgehead atoms. The smallest absolute Gasteiger partial charge is 0.202 e. The van der Waals surface area contributed by atoms with Gasteiger partial charge < -0.3 is 15.2 Å². The standard InChI is InChI=1S/C25H30N6/c1-17-16-28-23(29-21-9-11-22(12-10-21)31-14-13-27-18(31)2)30-25(17,26)20-8-6-7-19(15-20)24(3,4)5/h6-16H,26H2,1-5H3,(H2,28,29,30). The Kier molecular flexibility index (Phi) is 5.19. The molecule has 1 aliphatic rings. The molecule has 1 aliphatic heterocycles. The summed E-state index contributed by atoms with van der Waals surface area (Å²) in [6, 6.07) is 16.5. The Morgan fingerprint density at radius 1 is 1.06 bits per heavy atom. The van der Waals surface area contributed by atoms with E-state index in [2.05, 4.69) is 54.6 Å². The lowest BCUT2D eigenvalue weighted by Gasteiger charge is -2.32. The SMILES string of the molecule is CC1=CNC(Nc2ccc(-n3ccnc3C)cc2)=NC1(N)c1cccc(C(C)(C)C)c1. The Morgan fingerprint density at radius 3 is 2.45 bits per heavy atom. The van der Waals surface area contributed by atoms with Crippen LogP contribution in [0.1, 0.15) is 44.6 Å². The van der Waals surface area contributed by atoms with Gasteiger partial charge in [0, 0.05) is 30.0 Å². The Bertz CT molecular complexity index is 1150. The quantitative estimate of drug-likeness (QED) is 0.587. The van der Waals surface area contributed by atoms with Gasteiger partial charge in [0.2, 0.25) is 5.96 Å². The van der Waals surface area contributed by atoms with Gasteiger partial charge in [0.05, 0.1) is 0 Å². The predicted molar refractivity (Wildman–Crippen MR) is 127 cm³/mol. The minimum atomic E-state index is -0.928. The molecule has 0 aliphatic carbocycles. The number of hydrogen-bond acceptors (Lipinski definition) is 5. The summed E-state index contributed by atoms with van der Waals surface area (Å²) in [4.78, 5) is 9.14. The number of hydrogen-bond donors (Lipinski definition) is 3. The molecule has 0 amide bonds. The normalized spacial score (nSPS) is 18.8. The second-order valence-corrected chi connectivity index (χ2v) is 9.05. The average molecular weight is 415 g/mol. The predicted octanol–water partition coefficient (Wildman–Crippen LogP) is 4.56. The van der Waals surface area contributed by atoms with Gasteiger partial charge in [0.15, 0.2) is 5.66 Å². The van der Waals surface area contributed by atoms with Crippen molar-refractivity contribution in [3.63, 3.8) is 0 Å². The zero-order valence-corrected chi connectivity index (χ0v) is 18.8. The molecule has 1 atom stereocenters. The van der Waals surface area contributed by atoms with E-state index < -0.39 is 5.66 Å². The maximum absolute atomic E-state index is 6.84. The molecule has 2 aromatic carbocycles. The highest BCUT2D eigenvalue weighted by atomic mass is 15.2. The fourth-order valence-corrected chi connectivity index (χ4v) is 3.66. The molecule has 3 aromatic rings. The third kappa shape index (κ3) is 4.11. The van der Waals surface area contributed by atoms with E-state index in [4.69, 9.17) is 10.7 Å². The molecule has 6 nitrogen and oxygen atoms in total. The molecule has 160 valence electrons. The summed E-state index contributed by atoms with van der Waals surface area (Å²) in [5.41, 5.74) is 11.1. The average Bonchev–Trinajstić information content (AvgIpc) is 3.17. The monoisotopic (exact) mass is 414 g/mol. The van der Waals surface area contributed by atoms with Crippen LogP contribution in [-0.4, -0.2) is 15.5 Å². The maximum Gasteiger partial charge on any atom is 0.202 e. The van der Waals surface area contributed by atoms with E-state index in [0.29, 0.717) is 5.96 Å². The number of rotatable bonds is 3. The van der Waals surface area contributed by atoms with Gasteiger partial charge in [-0.3, -0.25) is 5.73 Å². The number of nitrogens with zero attached hydrogens (tertiary/aromatic N) is 3. The number of aliphatic imine (C=N–C) groups is 1. The number of benzene rings is 2. The van der Waals surface area contributed by atoms with Crippen molar-refractivity contribution in [1.29, 1.82) is 0 Å². The summed E-state index contributed by atoms with van der Waals surface area (Å²) < 4.78 is 2.04. The van der Waals surface area contributed by atoms with Crippen molar-refractivity contribution in [3.05, 3.63) is 89.6 Å². The fourth-order valence-electron chi connectivity index (χ4n) is 3.66. The van der Waals surface area contributed by atoms with Crippen molar-refractivity contribution >= 4 is 11.6 Å². The number of aryl methyl sites for hydroxylation is 1. The first-order valence-corrected chi connectivity index (χ1v) is 10.5. The van der Waals surface area contributed by atoms with Crippen LogP contribution >= 0.6 is 0 Å². The van der Waals surface area contributed by atoms with Gasteiger partial charge in [-0.1, -0.05) is 45.0 Å². The minimum absolute atomic E-state index is 0.0387. The van der Waals surface area contributed by atoms with Gasteiger partial charge >= 0.3 is 0 Å². The van der Waals surface area contributed by atoms with Crippen LogP contribution in [0.25, 0.3) is 5.69 Å². The van der Waals surface area contributed by atoms with Crippen LogP contribution in [0.15, 0.2) is 77.7 Å². The molecule has 0 spiro atoms. The number of nitrogens with one attached hydrogen (secondary N) is 2.